The first kappa shape index (κ1) is 14.0. The third kappa shape index (κ3) is 3.22. The first-order valence-electron chi connectivity index (χ1n) is 4.83. The summed E-state index contributed by atoms with van der Waals surface area (Å²) in [5, 5.41) is 1.63. The number of anilines is 1. The summed E-state index contributed by atoms with van der Waals surface area (Å²) in [5.74, 6) is -2.97. The molecule has 98 valence electrons. The predicted octanol–water partition coefficient (Wildman–Crippen LogP) is 2.28. The summed E-state index contributed by atoms with van der Waals surface area (Å²) in [4.78, 5) is 22.2. The quantitative estimate of drug-likeness (QED) is 0.831. The predicted molar refractivity (Wildman–Crippen MR) is 57.2 cm³/mol. The number of methoxy groups -OCH3 is 1. The number of amides is 1. The Morgan fingerprint density at radius 3 is 2.39 bits per heavy atom. The van der Waals surface area contributed by atoms with Crippen LogP contribution in [0.25, 0.3) is 0 Å². The van der Waals surface area contributed by atoms with Crippen LogP contribution in [0.5, 0.6) is 0 Å². The van der Waals surface area contributed by atoms with Crippen molar-refractivity contribution >= 4 is 17.6 Å². The topological polar surface area (TPSA) is 55.4 Å². The van der Waals surface area contributed by atoms with E-state index in [4.69, 9.17) is 0 Å². The number of hydrogen-bond donors (Lipinski definition) is 1. The molecule has 0 saturated heterocycles. The first-order chi connectivity index (χ1) is 8.25. The lowest BCUT2D eigenvalue weighted by molar-refractivity contribution is -0.167. The van der Waals surface area contributed by atoms with Crippen LogP contribution in [0.4, 0.5) is 18.9 Å². The van der Waals surface area contributed by atoms with Crippen LogP contribution in [0.3, 0.4) is 0 Å². The summed E-state index contributed by atoms with van der Waals surface area (Å²) in [6, 6.07) is 4.02. The van der Waals surface area contributed by atoms with Crippen molar-refractivity contribution in [1.29, 1.82) is 0 Å². The SMILES string of the molecule is COC(=O)c1cc(C)ccc1NC(=O)C(F)(F)F. The number of rotatable bonds is 2. The lowest BCUT2D eigenvalue weighted by Crippen LogP contribution is -2.30. The molecule has 1 aromatic rings. The number of halogens is 3. The van der Waals surface area contributed by atoms with Gasteiger partial charge in [0.1, 0.15) is 0 Å². The van der Waals surface area contributed by atoms with E-state index in [-0.39, 0.29) is 11.3 Å². The molecule has 0 radical (unpaired) electrons. The third-order valence-corrected chi connectivity index (χ3v) is 2.09. The largest absolute Gasteiger partial charge is 0.471 e. The molecular formula is C11H10F3NO3. The van der Waals surface area contributed by atoms with Gasteiger partial charge >= 0.3 is 18.1 Å². The van der Waals surface area contributed by atoms with Crippen LogP contribution in [-0.2, 0) is 9.53 Å². The Morgan fingerprint density at radius 1 is 1.28 bits per heavy atom. The molecule has 4 nitrogen and oxygen atoms in total. The molecule has 1 amide bonds. The van der Waals surface area contributed by atoms with Gasteiger partial charge in [-0.25, -0.2) is 4.79 Å². The average Bonchev–Trinajstić information content (AvgIpc) is 2.29. The molecule has 0 unspecified atom stereocenters. The number of esters is 1. The van der Waals surface area contributed by atoms with Gasteiger partial charge in [0.2, 0.25) is 0 Å². The first-order valence-corrected chi connectivity index (χ1v) is 4.83. The maximum Gasteiger partial charge on any atom is 0.471 e. The van der Waals surface area contributed by atoms with Crippen molar-refractivity contribution in [2.24, 2.45) is 0 Å². The highest BCUT2D eigenvalue weighted by Crippen LogP contribution is 2.22. The molecular weight excluding hydrogens is 251 g/mol. The summed E-state index contributed by atoms with van der Waals surface area (Å²) >= 11 is 0. The van der Waals surface area contributed by atoms with Crippen molar-refractivity contribution in [3.8, 4) is 0 Å². The molecule has 0 spiro atoms. The second kappa shape index (κ2) is 5.07. The molecule has 0 saturated carbocycles. The highest BCUT2D eigenvalue weighted by atomic mass is 19.4. The van der Waals surface area contributed by atoms with E-state index in [0.717, 1.165) is 7.11 Å². The molecule has 0 aliphatic carbocycles. The highest BCUT2D eigenvalue weighted by Gasteiger charge is 2.39. The van der Waals surface area contributed by atoms with Crippen LogP contribution in [0, 0.1) is 6.92 Å². The van der Waals surface area contributed by atoms with Gasteiger partial charge < -0.3 is 10.1 Å². The minimum Gasteiger partial charge on any atom is -0.465 e. The molecule has 0 aliphatic heterocycles. The Balaban J connectivity index is 3.09. The van der Waals surface area contributed by atoms with E-state index in [1.54, 1.807) is 12.2 Å². The fraction of sp³-hybridized carbons (Fsp3) is 0.273. The summed E-state index contributed by atoms with van der Waals surface area (Å²) in [6.07, 6.45) is -5.02. The lowest BCUT2D eigenvalue weighted by Gasteiger charge is -2.11. The van der Waals surface area contributed by atoms with Crippen molar-refractivity contribution < 1.29 is 27.5 Å². The number of carbonyl (C=O) groups excluding carboxylic acids is 2. The number of ether oxygens (including phenoxy) is 1. The number of hydrogen-bond acceptors (Lipinski definition) is 3. The van der Waals surface area contributed by atoms with Crippen LogP contribution >= 0.6 is 0 Å². The molecule has 0 heterocycles. The maximum absolute atomic E-state index is 12.1. The van der Waals surface area contributed by atoms with Crippen LogP contribution in [-0.4, -0.2) is 25.2 Å². The normalized spacial score (nSPS) is 10.9. The number of carbonyl (C=O) groups is 2. The monoisotopic (exact) mass is 261 g/mol. The fourth-order valence-corrected chi connectivity index (χ4v) is 1.24. The highest BCUT2D eigenvalue weighted by molar-refractivity contribution is 6.02. The van der Waals surface area contributed by atoms with Crippen LogP contribution in [0.15, 0.2) is 18.2 Å². The van der Waals surface area contributed by atoms with E-state index in [0.29, 0.717) is 5.56 Å². The van der Waals surface area contributed by atoms with E-state index < -0.39 is 18.1 Å². The smallest absolute Gasteiger partial charge is 0.465 e. The molecule has 0 bridgehead atoms. The van der Waals surface area contributed by atoms with Gasteiger partial charge in [0.15, 0.2) is 0 Å². The second-order valence-corrected chi connectivity index (χ2v) is 3.49. The Kier molecular flexibility index (Phi) is 3.95. The minimum atomic E-state index is -5.02. The van der Waals surface area contributed by atoms with Crippen molar-refractivity contribution in [2.75, 3.05) is 12.4 Å². The van der Waals surface area contributed by atoms with Crippen LogP contribution in [0.1, 0.15) is 15.9 Å². The van der Waals surface area contributed by atoms with Gasteiger partial charge in [-0.1, -0.05) is 11.6 Å². The summed E-state index contributed by atoms with van der Waals surface area (Å²) < 4.78 is 40.7. The van der Waals surface area contributed by atoms with E-state index in [1.807, 2.05) is 0 Å². The number of benzene rings is 1. The minimum absolute atomic E-state index is 0.130. The van der Waals surface area contributed by atoms with Gasteiger partial charge in [0.05, 0.1) is 18.4 Å². The molecule has 7 heteroatoms. The van der Waals surface area contributed by atoms with Crippen molar-refractivity contribution in [2.45, 2.75) is 13.1 Å². The summed E-state index contributed by atoms with van der Waals surface area (Å²) in [7, 11) is 1.10. The van der Waals surface area contributed by atoms with Gasteiger partial charge in [-0.05, 0) is 19.1 Å². The van der Waals surface area contributed by atoms with Crippen molar-refractivity contribution in [3.63, 3.8) is 0 Å². The van der Waals surface area contributed by atoms with E-state index in [9.17, 15) is 22.8 Å². The zero-order valence-electron chi connectivity index (χ0n) is 9.59. The van der Waals surface area contributed by atoms with Gasteiger partial charge in [-0.3, -0.25) is 4.79 Å². The molecule has 1 aromatic carbocycles. The van der Waals surface area contributed by atoms with Crippen molar-refractivity contribution in [3.05, 3.63) is 29.3 Å². The Hall–Kier alpha value is -2.05. The fourth-order valence-electron chi connectivity index (χ4n) is 1.24. The van der Waals surface area contributed by atoms with E-state index >= 15 is 0 Å². The Labute approximate surface area is 101 Å². The van der Waals surface area contributed by atoms with Crippen LogP contribution < -0.4 is 5.32 Å². The lowest BCUT2D eigenvalue weighted by atomic mass is 10.1. The second-order valence-electron chi connectivity index (χ2n) is 3.49. The van der Waals surface area contributed by atoms with Gasteiger partial charge in [0.25, 0.3) is 0 Å². The summed E-state index contributed by atoms with van der Waals surface area (Å²) in [5.41, 5.74) is 0.283. The molecule has 0 aromatic heterocycles. The number of alkyl halides is 3. The number of aryl methyl sites for hydroxylation is 1. The maximum atomic E-state index is 12.1. The van der Waals surface area contributed by atoms with Crippen LogP contribution in [0.2, 0.25) is 0 Å². The van der Waals surface area contributed by atoms with E-state index in [1.165, 1.54) is 18.2 Å². The van der Waals surface area contributed by atoms with Gasteiger partial charge in [-0.2, -0.15) is 13.2 Å². The standard InChI is InChI=1S/C11H10F3NO3/c1-6-3-4-8(7(5-6)9(16)18-2)15-10(17)11(12,13)14/h3-5H,1-2H3,(H,15,17). The Bertz CT molecular complexity index is 483. The van der Waals surface area contributed by atoms with Gasteiger partial charge in [0, 0.05) is 0 Å². The molecule has 0 fully saturated rings. The Morgan fingerprint density at radius 2 is 1.89 bits per heavy atom. The van der Waals surface area contributed by atoms with Gasteiger partial charge in [-0.15, -0.1) is 0 Å². The third-order valence-electron chi connectivity index (χ3n) is 2.09. The molecule has 1 rings (SSSR count). The van der Waals surface area contributed by atoms with Crippen molar-refractivity contribution in [1.82, 2.24) is 0 Å². The molecule has 0 aliphatic rings. The summed E-state index contributed by atoms with van der Waals surface area (Å²) in [6.45, 7) is 1.65. The number of nitrogens with one attached hydrogen (secondary N) is 1. The van der Waals surface area contributed by atoms with E-state index in [2.05, 4.69) is 4.74 Å². The molecule has 1 N–H and O–H groups in total. The molecule has 18 heavy (non-hydrogen) atoms. The zero-order chi connectivity index (χ0) is 13.9. The zero-order valence-corrected chi connectivity index (χ0v) is 9.59. The average molecular weight is 261 g/mol. The molecule has 0 atom stereocenters.